The Morgan fingerprint density at radius 2 is 1.62 bits per heavy atom. The first kappa shape index (κ1) is 13.8. The normalized spacial score (nSPS) is 13.8. The van der Waals surface area contributed by atoms with Crippen LogP contribution in [0.25, 0.3) is 0 Å². The molecule has 2 aromatic carbocycles. The Labute approximate surface area is 128 Å². The van der Waals surface area contributed by atoms with Crippen LogP contribution >= 0.6 is 11.6 Å². The van der Waals surface area contributed by atoms with Gasteiger partial charge in [-0.15, -0.1) is 0 Å². The van der Waals surface area contributed by atoms with E-state index in [4.69, 9.17) is 11.6 Å². The molecule has 0 aliphatic carbocycles. The van der Waals surface area contributed by atoms with E-state index in [1.165, 1.54) is 4.90 Å². The van der Waals surface area contributed by atoms with Gasteiger partial charge >= 0.3 is 0 Å². The Hall–Kier alpha value is -2.13. The van der Waals surface area contributed by atoms with Crippen LogP contribution in [0, 0.1) is 13.8 Å². The average molecular weight is 300 g/mol. The zero-order valence-corrected chi connectivity index (χ0v) is 12.6. The number of ketones is 1. The monoisotopic (exact) mass is 299 g/mol. The van der Waals surface area contributed by atoms with Crippen molar-refractivity contribution in [2.24, 2.45) is 0 Å². The molecular formula is C17H14ClNO2. The standard InChI is InChI=1S/C17H14ClNO2/c1-10-5-3-6-11(2)13(10)9-19-15-12(16(20)17(19)21)7-4-8-14(15)18/h3-8H,9H2,1-2H3. The summed E-state index contributed by atoms with van der Waals surface area (Å²) in [5.74, 6) is -1.00. The van der Waals surface area contributed by atoms with Crippen LogP contribution in [-0.4, -0.2) is 11.7 Å². The highest BCUT2D eigenvalue weighted by molar-refractivity contribution is 6.54. The molecule has 0 aromatic heterocycles. The van der Waals surface area contributed by atoms with E-state index in [1.54, 1.807) is 18.2 Å². The molecule has 0 bridgehead atoms. The summed E-state index contributed by atoms with van der Waals surface area (Å²) in [6, 6.07) is 11.0. The minimum Gasteiger partial charge on any atom is -0.299 e. The molecular weight excluding hydrogens is 286 g/mol. The van der Waals surface area contributed by atoms with E-state index in [1.807, 2.05) is 32.0 Å². The van der Waals surface area contributed by atoms with Gasteiger partial charge in [0.2, 0.25) is 0 Å². The van der Waals surface area contributed by atoms with Crippen molar-refractivity contribution in [2.45, 2.75) is 20.4 Å². The van der Waals surface area contributed by atoms with E-state index in [2.05, 4.69) is 0 Å². The predicted molar refractivity (Wildman–Crippen MR) is 82.9 cm³/mol. The van der Waals surface area contributed by atoms with Crippen molar-refractivity contribution in [3.05, 3.63) is 63.7 Å². The lowest BCUT2D eigenvalue weighted by atomic mass is 10.0. The molecule has 1 aliphatic heterocycles. The highest BCUT2D eigenvalue weighted by atomic mass is 35.5. The molecule has 21 heavy (non-hydrogen) atoms. The van der Waals surface area contributed by atoms with Crippen molar-refractivity contribution in [3.63, 3.8) is 0 Å². The second kappa shape index (κ2) is 5.01. The number of rotatable bonds is 2. The van der Waals surface area contributed by atoms with Crippen molar-refractivity contribution in [2.75, 3.05) is 4.90 Å². The number of anilines is 1. The van der Waals surface area contributed by atoms with Gasteiger partial charge in [-0.1, -0.05) is 35.9 Å². The number of amides is 1. The third-order valence-corrected chi connectivity index (χ3v) is 4.21. The Morgan fingerprint density at radius 1 is 1.00 bits per heavy atom. The fourth-order valence-electron chi connectivity index (χ4n) is 2.72. The van der Waals surface area contributed by atoms with Gasteiger partial charge in [-0.3, -0.25) is 14.5 Å². The molecule has 2 aromatic rings. The lowest BCUT2D eigenvalue weighted by Crippen LogP contribution is -2.29. The van der Waals surface area contributed by atoms with Crippen LogP contribution in [0.3, 0.4) is 0 Å². The van der Waals surface area contributed by atoms with Crippen molar-refractivity contribution in [1.29, 1.82) is 0 Å². The van der Waals surface area contributed by atoms with Gasteiger partial charge in [0, 0.05) is 0 Å². The summed E-state index contributed by atoms with van der Waals surface area (Å²) < 4.78 is 0. The van der Waals surface area contributed by atoms with E-state index in [0.29, 0.717) is 22.8 Å². The summed E-state index contributed by atoms with van der Waals surface area (Å²) in [7, 11) is 0. The molecule has 0 saturated carbocycles. The van der Waals surface area contributed by atoms with E-state index in [-0.39, 0.29) is 0 Å². The summed E-state index contributed by atoms with van der Waals surface area (Å²) in [6.45, 7) is 4.36. The number of fused-ring (bicyclic) bond motifs is 1. The number of Topliss-reactive ketones (excluding diaryl/α,β-unsaturated/α-hetero) is 1. The van der Waals surface area contributed by atoms with Crippen LogP contribution in [0.2, 0.25) is 5.02 Å². The fraction of sp³-hybridized carbons (Fsp3) is 0.176. The highest BCUT2D eigenvalue weighted by Crippen LogP contribution is 2.37. The van der Waals surface area contributed by atoms with Gasteiger partial charge in [0.1, 0.15) is 0 Å². The van der Waals surface area contributed by atoms with E-state index in [9.17, 15) is 9.59 Å². The fourth-order valence-corrected chi connectivity index (χ4v) is 3.00. The molecule has 0 saturated heterocycles. The van der Waals surface area contributed by atoms with Crippen molar-refractivity contribution in [3.8, 4) is 0 Å². The minimum absolute atomic E-state index is 0.361. The number of benzene rings is 2. The number of carbonyl (C=O) groups is 2. The summed E-state index contributed by atoms with van der Waals surface area (Å²) in [4.78, 5) is 25.8. The first-order valence-corrected chi connectivity index (χ1v) is 7.08. The third kappa shape index (κ3) is 2.14. The largest absolute Gasteiger partial charge is 0.299 e. The Morgan fingerprint density at radius 3 is 2.29 bits per heavy atom. The van der Waals surface area contributed by atoms with Gasteiger partial charge in [0.25, 0.3) is 11.7 Å². The molecule has 106 valence electrons. The van der Waals surface area contributed by atoms with Gasteiger partial charge in [-0.2, -0.15) is 0 Å². The van der Waals surface area contributed by atoms with Crippen LogP contribution in [0.5, 0.6) is 0 Å². The van der Waals surface area contributed by atoms with Crippen LogP contribution in [0.4, 0.5) is 5.69 Å². The first-order valence-electron chi connectivity index (χ1n) is 6.70. The zero-order chi connectivity index (χ0) is 15.1. The lowest BCUT2D eigenvalue weighted by Gasteiger charge is -2.20. The van der Waals surface area contributed by atoms with E-state index >= 15 is 0 Å². The molecule has 4 heteroatoms. The first-order chi connectivity index (χ1) is 10.0. The highest BCUT2D eigenvalue weighted by Gasteiger charge is 2.37. The predicted octanol–water partition coefficient (Wildman–Crippen LogP) is 3.69. The summed E-state index contributed by atoms with van der Waals surface area (Å²) in [6.07, 6.45) is 0. The average Bonchev–Trinajstić information content (AvgIpc) is 2.69. The molecule has 1 aliphatic rings. The Bertz CT molecular complexity index is 747. The minimum atomic E-state index is -0.513. The van der Waals surface area contributed by atoms with Gasteiger partial charge in [-0.05, 0) is 42.7 Å². The summed E-state index contributed by atoms with van der Waals surface area (Å²) in [5, 5.41) is 0.429. The number of hydrogen-bond donors (Lipinski definition) is 0. The Balaban J connectivity index is 2.09. The molecule has 0 spiro atoms. The molecule has 0 atom stereocenters. The molecule has 0 radical (unpaired) electrons. The number of carbonyl (C=O) groups excluding carboxylic acids is 2. The maximum Gasteiger partial charge on any atom is 0.299 e. The SMILES string of the molecule is Cc1cccc(C)c1CN1C(=O)C(=O)c2cccc(Cl)c21. The van der Waals surface area contributed by atoms with Crippen LogP contribution in [0.1, 0.15) is 27.0 Å². The molecule has 1 amide bonds. The molecule has 3 rings (SSSR count). The molecule has 1 heterocycles. The van der Waals surface area contributed by atoms with Gasteiger partial charge in [0.05, 0.1) is 22.8 Å². The number of aryl methyl sites for hydroxylation is 2. The van der Waals surface area contributed by atoms with Crippen molar-refractivity contribution in [1.82, 2.24) is 0 Å². The van der Waals surface area contributed by atoms with Crippen molar-refractivity contribution >= 4 is 29.0 Å². The van der Waals surface area contributed by atoms with Crippen LogP contribution in [0.15, 0.2) is 36.4 Å². The quantitative estimate of drug-likeness (QED) is 0.793. The van der Waals surface area contributed by atoms with Crippen LogP contribution < -0.4 is 4.90 Å². The molecule has 0 fully saturated rings. The van der Waals surface area contributed by atoms with Crippen molar-refractivity contribution < 1.29 is 9.59 Å². The second-order valence-corrected chi connectivity index (χ2v) is 5.63. The summed E-state index contributed by atoms with van der Waals surface area (Å²) in [5.41, 5.74) is 4.15. The number of para-hydroxylation sites is 1. The van der Waals surface area contributed by atoms with Gasteiger partial charge in [0.15, 0.2) is 0 Å². The smallest absolute Gasteiger partial charge is 0.299 e. The van der Waals surface area contributed by atoms with E-state index < -0.39 is 11.7 Å². The lowest BCUT2D eigenvalue weighted by molar-refractivity contribution is -0.114. The van der Waals surface area contributed by atoms with Crippen LogP contribution in [-0.2, 0) is 11.3 Å². The third-order valence-electron chi connectivity index (χ3n) is 3.90. The summed E-state index contributed by atoms with van der Waals surface area (Å²) >= 11 is 6.19. The second-order valence-electron chi connectivity index (χ2n) is 5.23. The molecule has 3 nitrogen and oxygen atoms in total. The topological polar surface area (TPSA) is 37.4 Å². The maximum atomic E-state index is 12.3. The maximum absolute atomic E-state index is 12.3. The zero-order valence-electron chi connectivity index (χ0n) is 11.8. The number of halogens is 1. The number of hydrogen-bond acceptors (Lipinski definition) is 2. The van der Waals surface area contributed by atoms with E-state index in [0.717, 1.165) is 16.7 Å². The van der Waals surface area contributed by atoms with Gasteiger partial charge in [-0.25, -0.2) is 0 Å². The molecule has 0 N–H and O–H groups in total. The molecule has 0 unspecified atom stereocenters. The number of nitrogens with zero attached hydrogens (tertiary/aromatic N) is 1. The van der Waals surface area contributed by atoms with Gasteiger partial charge < -0.3 is 0 Å². The Kier molecular flexibility index (Phi) is 3.30.